The third-order valence-corrected chi connectivity index (χ3v) is 4.50. The molecule has 1 aromatic rings. The van der Waals surface area contributed by atoms with Crippen molar-refractivity contribution >= 4 is 0 Å². The highest BCUT2D eigenvalue weighted by Gasteiger charge is 2.51. The fourth-order valence-corrected chi connectivity index (χ4v) is 3.27. The van der Waals surface area contributed by atoms with E-state index < -0.39 is 11.7 Å². The van der Waals surface area contributed by atoms with Crippen molar-refractivity contribution in [3.63, 3.8) is 0 Å². The van der Waals surface area contributed by atoms with Gasteiger partial charge in [-0.05, 0) is 52.7 Å². The average Bonchev–Trinajstić information content (AvgIpc) is 2.68. The Hall–Kier alpha value is -1.92. The van der Waals surface area contributed by atoms with Gasteiger partial charge in [0.2, 0.25) is 0 Å². The Morgan fingerprint density at radius 2 is 1.58 bits per heavy atom. The third-order valence-electron chi connectivity index (χ3n) is 4.50. The highest BCUT2D eigenvalue weighted by atomic mass is 16.7. The number of rotatable bonds is 5. The van der Waals surface area contributed by atoms with Crippen molar-refractivity contribution in [3.8, 4) is 12.1 Å². The summed E-state index contributed by atoms with van der Waals surface area (Å²) in [5, 5.41) is 20.4. The second-order valence-electron chi connectivity index (χ2n) is 7.61. The molecular weight excluding hydrogens is 302 g/mol. The van der Waals surface area contributed by atoms with E-state index in [0.717, 1.165) is 0 Å². The summed E-state index contributed by atoms with van der Waals surface area (Å²) in [6.45, 7) is 11.7. The number of hydrogen-bond acceptors (Lipinski definition) is 5. The van der Waals surface area contributed by atoms with Crippen LogP contribution < -0.4 is 0 Å². The molecule has 5 nitrogen and oxygen atoms in total. The zero-order valence-corrected chi connectivity index (χ0v) is 15.3. The van der Waals surface area contributed by atoms with Gasteiger partial charge in [-0.1, -0.05) is 24.3 Å². The molecule has 0 aliphatic carbocycles. The van der Waals surface area contributed by atoms with E-state index in [2.05, 4.69) is 52.0 Å². The van der Waals surface area contributed by atoms with Gasteiger partial charge in [0.15, 0.2) is 6.10 Å². The molecule has 0 amide bonds. The third kappa shape index (κ3) is 3.16. The fourth-order valence-electron chi connectivity index (χ4n) is 3.27. The molecule has 1 heterocycles. The molecule has 0 saturated heterocycles. The van der Waals surface area contributed by atoms with E-state index in [9.17, 15) is 5.26 Å². The van der Waals surface area contributed by atoms with Crippen LogP contribution in [-0.4, -0.2) is 23.4 Å². The number of fused-ring (bicyclic) bond motifs is 1. The number of ether oxygens (including phenoxy) is 1. The Kier molecular flexibility index (Phi) is 4.74. The lowest BCUT2D eigenvalue weighted by atomic mass is 9.91. The first-order valence-corrected chi connectivity index (χ1v) is 8.08. The minimum absolute atomic E-state index is 0.0378. The Labute approximate surface area is 144 Å². The molecule has 0 spiro atoms. The number of hydrogen-bond donors (Lipinski definition) is 0. The second-order valence-corrected chi connectivity index (χ2v) is 7.61. The minimum atomic E-state index is -0.947. The van der Waals surface area contributed by atoms with Crippen molar-refractivity contribution in [2.24, 2.45) is 0 Å². The first-order valence-electron chi connectivity index (χ1n) is 8.08. The molecule has 0 saturated carbocycles. The molecule has 0 N–H and O–H groups in total. The molecule has 1 atom stereocenters. The zero-order valence-electron chi connectivity index (χ0n) is 15.3. The second kappa shape index (κ2) is 6.18. The van der Waals surface area contributed by atoms with Crippen LogP contribution >= 0.6 is 0 Å². The molecule has 1 aliphatic heterocycles. The predicted molar refractivity (Wildman–Crippen MR) is 90.5 cm³/mol. The van der Waals surface area contributed by atoms with Crippen LogP contribution in [0.15, 0.2) is 24.3 Å². The van der Waals surface area contributed by atoms with Crippen LogP contribution in [0.2, 0.25) is 0 Å². The molecule has 5 heteroatoms. The topological polar surface area (TPSA) is 69.3 Å². The van der Waals surface area contributed by atoms with E-state index >= 15 is 0 Å². The van der Waals surface area contributed by atoms with Crippen LogP contribution in [-0.2, 0) is 20.7 Å². The van der Waals surface area contributed by atoms with Crippen molar-refractivity contribution in [1.82, 2.24) is 5.06 Å². The Balaban J connectivity index is 2.23. The van der Waals surface area contributed by atoms with Crippen LogP contribution in [0, 0.1) is 22.7 Å². The molecule has 1 aliphatic rings. The number of hydroxylamine groups is 2. The molecule has 0 fully saturated rings. The lowest BCUT2D eigenvalue weighted by Gasteiger charge is -2.40. The van der Waals surface area contributed by atoms with Gasteiger partial charge in [-0.25, -0.2) is 0 Å². The van der Waals surface area contributed by atoms with Crippen molar-refractivity contribution in [2.45, 2.75) is 64.3 Å². The van der Waals surface area contributed by atoms with Gasteiger partial charge >= 0.3 is 0 Å². The first kappa shape index (κ1) is 18.4. The molecule has 1 aromatic carbocycles. The highest BCUT2D eigenvalue weighted by Crippen LogP contribution is 2.49. The van der Waals surface area contributed by atoms with Gasteiger partial charge in [0.05, 0.1) is 29.8 Å². The van der Waals surface area contributed by atoms with E-state index in [-0.39, 0.29) is 17.7 Å². The highest BCUT2D eigenvalue weighted by molar-refractivity contribution is 5.42. The maximum absolute atomic E-state index is 9.45. The summed E-state index contributed by atoms with van der Waals surface area (Å²) < 4.78 is 5.52. The van der Waals surface area contributed by atoms with Gasteiger partial charge in [-0.15, -0.1) is 0 Å². The van der Waals surface area contributed by atoms with Gasteiger partial charge in [-0.3, -0.25) is 4.84 Å². The largest absolute Gasteiger partial charge is 0.357 e. The van der Waals surface area contributed by atoms with Crippen molar-refractivity contribution in [3.05, 3.63) is 35.4 Å². The predicted octanol–water partition coefficient (Wildman–Crippen LogP) is 3.61. The Morgan fingerprint density at radius 3 is 2.00 bits per heavy atom. The lowest BCUT2D eigenvalue weighted by Crippen LogP contribution is -2.48. The molecule has 128 valence electrons. The standard InChI is InChI=1S/C19H25N3O2/c1-17(2,13-21)23-12-14(11-20)24-22-18(3,4)15-9-7-8-10-16(15)19(22,5)6/h7-10,14H,12H2,1-6H3. The van der Waals surface area contributed by atoms with Gasteiger partial charge in [0, 0.05) is 0 Å². The van der Waals surface area contributed by atoms with E-state index in [1.165, 1.54) is 11.1 Å². The summed E-state index contributed by atoms with van der Waals surface area (Å²) in [4.78, 5) is 6.05. The SMILES string of the molecule is CC(C)(C#N)OCC(C#N)ON1C(C)(C)c2ccccc2C1(C)C. The van der Waals surface area contributed by atoms with Crippen molar-refractivity contribution in [1.29, 1.82) is 10.5 Å². The monoisotopic (exact) mass is 327 g/mol. The molecule has 0 bridgehead atoms. The van der Waals surface area contributed by atoms with Gasteiger partial charge in [-0.2, -0.15) is 15.6 Å². The first-order chi connectivity index (χ1) is 11.1. The van der Waals surface area contributed by atoms with Crippen LogP contribution in [0.5, 0.6) is 0 Å². The number of nitrogens with zero attached hydrogens (tertiary/aromatic N) is 3. The lowest BCUT2D eigenvalue weighted by molar-refractivity contribution is -0.284. The van der Waals surface area contributed by atoms with Gasteiger partial charge in [0.1, 0.15) is 5.60 Å². The molecule has 0 radical (unpaired) electrons. The quantitative estimate of drug-likeness (QED) is 0.826. The summed E-state index contributed by atoms with van der Waals surface area (Å²) in [7, 11) is 0. The normalized spacial score (nSPS) is 20.0. The Bertz CT molecular complexity index is 660. The smallest absolute Gasteiger partial charge is 0.188 e. The molecule has 0 aromatic heterocycles. The maximum atomic E-state index is 9.45. The zero-order chi connectivity index (χ0) is 18.2. The number of nitriles is 2. The number of benzene rings is 1. The van der Waals surface area contributed by atoms with E-state index in [4.69, 9.17) is 14.8 Å². The molecular formula is C19H25N3O2. The molecule has 24 heavy (non-hydrogen) atoms. The van der Waals surface area contributed by atoms with Crippen LogP contribution in [0.3, 0.4) is 0 Å². The van der Waals surface area contributed by atoms with Crippen LogP contribution in [0.4, 0.5) is 0 Å². The minimum Gasteiger partial charge on any atom is -0.357 e. The fraction of sp³-hybridized carbons (Fsp3) is 0.579. The van der Waals surface area contributed by atoms with E-state index in [0.29, 0.717) is 0 Å². The Morgan fingerprint density at radius 1 is 1.08 bits per heavy atom. The molecule has 2 rings (SSSR count). The summed E-state index contributed by atoms with van der Waals surface area (Å²) in [6, 6.07) is 12.4. The summed E-state index contributed by atoms with van der Waals surface area (Å²) in [6.07, 6.45) is -0.787. The molecule has 1 unspecified atom stereocenters. The van der Waals surface area contributed by atoms with E-state index in [1.54, 1.807) is 13.8 Å². The van der Waals surface area contributed by atoms with Gasteiger partial charge < -0.3 is 4.74 Å². The van der Waals surface area contributed by atoms with E-state index in [1.807, 2.05) is 17.2 Å². The summed E-state index contributed by atoms with van der Waals surface area (Å²) in [5.41, 5.74) is 0.673. The van der Waals surface area contributed by atoms with Crippen molar-refractivity contribution in [2.75, 3.05) is 6.61 Å². The van der Waals surface area contributed by atoms with Crippen LogP contribution in [0.25, 0.3) is 0 Å². The average molecular weight is 327 g/mol. The maximum Gasteiger partial charge on any atom is 0.188 e. The summed E-state index contributed by atoms with van der Waals surface area (Å²) >= 11 is 0. The van der Waals surface area contributed by atoms with Crippen LogP contribution in [0.1, 0.15) is 52.7 Å². The summed E-state index contributed by atoms with van der Waals surface area (Å²) in [5.74, 6) is 0. The van der Waals surface area contributed by atoms with Gasteiger partial charge in [0.25, 0.3) is 0 Å². The van der Waals surface area contributed by atoms with Crippen molar-refractivity contribution < 1.29 is 9.57 Å².